The lowest BCUT2D eigenvalue weighted by Crippen LogP contribution is -2.32. The van der Waals surface area contributed by atoms with Crippen LogP contribution in [0.1, 0.15) is 51.6 Å². The van der Waals surface area contributed by atoms with Gasteiger partial charge in [0.15, 0.2) is 0 Å². The van der Waals surface area contributed by atoms with E-state index < -0.39 is 0 Å². The van der Waals surface area contributed by atoms with E-state index in [1.165, 1.54) is 6.42 Å². The van der Waals surface area contributed by atoms with Gasteiger partial charge in [-0.05, 0) is 27.3 Å². The Labute approximate surface area is 117 Å². The zero-order valence-corrected chi connectivity index (χ0v) is 13.2. The predicted octanol–water partition coefficient (Wildman–Crippen LogP) is 3.05. The minimum absolute atomic E-state index is 0.364. The van der Waals surface area contributed by atoms with E-state index >= 15 is 0 Å². The highest BCUT2D eigenvalue weighted by atomic mass is 15.1. The van der Waals surface area contributed by atoms with Gasteiger partial charge in [0.1, 0.15) is 11.6 Å². The summed E-state index contributed by atoms with van der Waals surface area (Å²) in [5.41, 5.74) is 1.02. The van der Waals surface area contributed by atoms with Crippen LogP contribution >= 0.6 is 0 Å². The third-order valence-corrected chi connectivity index (χ3v) is 3.50. The van der Waals surface area contributed by atoms with Crippen molar-refractivity contribution < 1.29 is 0 Å². The lowest BCUT2D eigenvalue weighted by Gasteiger charge is -2.23. The van der Waals surface area contributed by atoms with E-state index in [0.29, 0.717) is 12.0 Å². The summed E-state index contributed by atoms with van der Waals surface area (Å²) < 4.78 is 0. The van der Waals surface area contributed by atoms with Crippen molar-refractivity contribution in [3.8, 4) is 0 Å². The van der Waals surface area contributed by atoms with Crippen molar-refractivity contribution in [1.29, 1.82) is 0 Å². The van der Waals surface area contributed by atoms with E-state index in [1.807, 2.05) is 13.0 Å². The summed E-state index contributed by atoms with van der Waals surface area (Å²) in [6.07, 6.45) is 1.18. The summed E-state index contributed by atoms with van der Waals surface area (Å²) >= 11 is 0. The Morgan fingerprint density at radius 1 is 1.26 bits per heavy atom. The number of hydrogen-bond acceptors (Lipinski definition) is 4. The van der Waals surface area contributed by atoms with Crippen molar-refractivity contribution in [1.82, 2.24) is 14.9 Å². The van der Waals surface area contributed by atoms with E-state index in [4.69, 9.17) is 0 Å². The first-order chi connectivity index (χ1) is 8.93. The molecule has 108 valence electrons. The number of nitrogens with one attached hydrogen (secondary N) is 1. The van der Waals surface area contributed by atoms with Crippen molar-refractivity contribution >= 4 is 5.82 Å². The smallest absolute Gasteiger partial charge is 0.133 e. The molecule has 0 saturated carbocycles. The van der Waals surface area contributed by atoms with Gasteiger partial charge in [-0.2, -0.15) is 0 Å². The molecular formula is C15H28N4. The largest absolute Gasteiger partial charge is 0.369 e. The molecule has 4 nitrogen and oxygen atoms in total. The van der Waals surface area contributed by atoms with Crippen molar-refractivity contribution in [2.45, 2.75) is 53.0 Å². The summed E-state index contributed by atoms with van der Waals surface area (Å²) in [6, 6.07) is 2.63. The topological polar surface area (TPSA) is 41.0 Å². The fourth-order valence-corrected chi connectivity index (χ4v) is 1.83. The molecule has 1 atom stereocenters. The molecule has 19 heavy (non-hydrogen) atoms. The number of aromatic nitrogens is 2. The molecule has 0 amide bonds. The van der Waals surface area contributed by atoms with Crippen LogP contribution < -0.4 is 5.32 Å². The standard InChI is InChI=1S/C15H28N4/c1-7-13(5)19(6)9-8-16-14-10-12(4)17-15(18-14)11(2)3/h10-11,13H,7-9H2,1-6H3,(H,16,17,18). The SMILES string of the molecule is CCC(C)N(C)CCNc1cc(C)nc(C(C)C)n1. The average molecular weight is 264 g/mol. The quantitative estimate of drug-likeness (QED) is 0.822. The third-order valence-electron chi connectivity index (χ3n) is 3.50. The molecule has 1 unspecified atom stereocenters. The van der Waals surface area contributed by atoms with Gasteiger partial charge in [0.05, 0.1) is 0 Å². The lowest BCUT2D eigenvalue weighted by atomic mass is 10.2. The maximum Gasteiger partial charge on any atom is 0.133 e. The molecule has 0 saturated heterocycles. The summed E-state index contributed by atoms with van der Waals surface area (Å²) in [4.78, 5) is 11.4. The highest BCUT2D eigenvalue weighted by Gasteiger charge is 2.08. The maximum atomic E-state index is 4.55. The first-order valence-electron chi connectivity index (χ1n) is 7.23. The molecular weight excluding hydrogens is 236 g/mol. The van der Waals surface area contributed by atoms with Crippen molar-refractivity contribution in [2.75, 3.05) is 25.5 Å². The van der Waals surface area contributed by atoms with Gasteiger partial charge >= 0.3 is 0 Å². The minimum atomic E-state index is 0.364. The summed E-state index contributed by atoms with van der Waals surface area (Å²) in [7, 11) is 2.17. The van der Waals surface area contributed by atoms with Gasteiger partial charge < -0.3 is 10.2 Å². The molecule has 1 N–H and O–H groups in total. The van der Waals surface area contributed by atoms with Gasteiger partial charge in [-0.1, -0.05) is 20.8 Å². The zero-order valence-electron chi connectivity index (χ0n) is 13.2. The molecule has 0 aliphatic rings. The van der Waals surface area contributed by atoms with E-state index in [1.54, 1.807) is 0 Å². The molecule has 4 heteroatoms. The fraction of sp³-hybridized carbons (Fsp3) is 0.733. The molecule has 0 aliphatic carbocycles. The molecule has 0 radical (unpaired) electrons. The average Bonchev–Trinajstić information content (AvgIpc) is 2.36. The summed E-state index contributed by atoms with van der Waals surface area (Å²) in [6.45, 7) is 12.7. The molecule has 0 aliphatic heterocycles. The highest BCUT2D eigenvalue weighted by molar-refractivity contribution is 5.36. The molecule has 0 bridgehead atoms. The number of anilines is 1. The molecule has 0 spiro atoms. The molecule has 1 heterocycles. The first-order valence-corrected chi connectivity index (χ1v) is 7.23. The highest BCUT2D eigenvalue weighted by Crippen LogP contribution is 2.13. The molecule has 1 rings (SSSR count). The van der Waals surface area contributed by atoms with Crippen LogP contribution in [0.3, 0.4) is 0 Å². The number of nitrogens with zero attached hydrogens (tertiary/aromatic N) is 3. The second-order valence-electron chi connectivity index (χ2n) is 5.57. The van der Waals surface area contributed by atoms with Crippen molar-refractivity contribution in [3.05, 3.63) is 17.6 Å². The van der Waals surface area contributed by atoms with Crippen molar-refractivity contribution in [2.24, 2.45) is 0 Å². The molecule has 0 fully saturated rings. The van der Waals surface area contributed by atoms with Crippen LogP contribution in [0, 0.1) is 6.92 Å². The first kappa shape index (κ1) is 15.9. The van der Waals surface area contributed by atoms with E-state index in [2.05, 4.69) is 54.9 Å². The van der Waals surface area contributed by atoms with Gasteiger partial charge in [0.2, 0.25) is 0 Å². The monoisotopic (exact) mass is 264 g/mol. The number of rotatable bonds is 7. The Balaban J connectivity index is 2.54. The van der Waals surface area contributed by atoms with E-state index in [9.17, 15) is 0 Å². The third kappa shape index (κ3) is 5.15. The van der Waals surface area contributed by atoms with Crippen molar-refractivity contribution in [3.63, 3.8) is 0 Å². The Kier molecular flexibility index (Phi) is 6.22. The van der Waals surface area contributed by atoms with Crippen LogP contribution in [0.25, 0.3) is 0 Å². The maximum absolute atomic E-state index is 4.55. The summed E-state index contributed by atoms with van der Waals surface area (Å²) in [5, 5.41) is 3.40. The van der Waals surface area contributed by atoms with Gasteiger partial charge in [0, 0.05) is 36.8 Å². The molecule has 1 aromatic rings. The second kappa shape index (κ2) is 7.43. The molecule has 0 aromatic carbocycles. The van der Waals surface area contributed by atoms with Gasteiger partial charge in [0.25, 0.3) is 0 Å². The minimum Gasteiger partial charge on any atom is -0.369 e. The summed E-state index contributed by atoms with van der Waals surface area (Å²) in [5.74, 6) is 2.22. The number of hydrogen-bond donors (Lipinski definition) is 1. The van der Waals surface area contributed by atoms with Crippen LogP contribution in [-0.2, 0) is 0 Å². The Bertz CT molecular complexity index is 390. The second-order valence-corrected chi connectivity index (χ2v) is 5.57. The fourth-order valence-electron chi connectivity index (χ4n) is 1.83. The normalized spacial score (nSPS) is 13.1. The van der Waals surface area contributed by atoms with Crippen LogP contribution in [0.5, 0.6) is 0 Å². The van der Waals surface area contributed by atoms with E-state index in [-0.39, 0.29) is 0 Å². The Morgan fingerprint density at radius 2 is 1.95 bits per heavy atom. The van der Waals surface area contributed by atoms with Gasteiger partial charge in [-0.3, -0.25) is 0 Å². The number of aryl methyl sites for hydroxylation is 1. The predicted molar refractivity (Wildman–Crippen MR) is 81.7 cm³/mol. The Morgan fingerprint density at radius 3 is 2.53 bits per heavy atom. The van der Waals surface area contributed by atoms with Gasteiger partial charge in [-0.25, -0.2) is 9.97 Å². The van der Waals surface area contributed by atoms with Gasteiger partial charge in [-0.15, -0.1) is 0 Å². The van der Waals surface area contributed by atoms with Crippen LogP contribution in [0.15, 0.2) is 6.07 Å². The Hall–Kier alpha value is -1.16. The lowest BCUT2D eigenvalue weighted by molar-refractivity contribution is 0.261. The molecule has 1 aromatic heterocycles. The zero-order chi connectivity index (χ0) is 14.4. The van der Waals surface area contributed by atoms with E-state index in [0.717, 1.165) is 30.4 Å². The van der Waals surface area contributed by atoms with Crippen LogP contribution in [0.4, 0.5) is 5.82 Å². The number of likely N-dealkylation sites (N-methyl/N-ethyl adjacent to an activating group) is 1. The van der Waals surface area contributed by atoms with Crippen LogP contribution in [-0.4, -0.2) is 41.0 Å². The van der Waals surface area contributed by atoms with Crippen LogP contribution in [0.2, 0.25) is 0 Å².